The first kappa shape index (κ1) is 12.9. The van der Waals surface area contributed by atoms with E-state index in [1.165, 1.54) is 32.1 Å². The van der Waals surface area contributed by atoms with Crippen LogP contribution in [0.3, 0.4) is 0 Å². The number of rotatable bonds is 2. The Morgan fingerprint density at radius 3 is 2.65 bits per heavy atom. The summed E-state index contributed by atoms with van der Waals surface area (Å²) in [6, 6.07) is 10.3. The lowest BCUT2D eigenvalue weighted by Crippen LogP contribution is -2.51. The Morgan fingerprint density at radius 1 is 1.10 bits per heavy atom. The van der Waals surface area contributed by atoms with Gasteiger partial charge in [0, 0.05) is 12.1 Å². The second-order valence-electron chi connectivity index (χ2n) is 8.30. The summed E-state index contributed by atoms with van der Waals surface area (Å²) in [6.45, 7) is 7.53. The molecule has 3 aliphatic carbocycles. The maximum atomic E-state index is 4.10. The number of aryl methyl sites for hydroxylation is 1. The lowest BCUT2D eigenvalue weighted by molar-refractivity contribution is 0.0983. The van der Waals surface area contributed by atoms with E-state index in [4.69, 9.17) is 0 Å². The monoisotopic (exact) mass is 269 g/mol. The fourth-order valence-electron chi connectivity index (χ4n) is 5.65. The van der Waals surface area contributed by atoms with Gasteiger partial charge < -0.3 is 5.32 Å². The average Bonchev–Trinajstić information content (AvgIpc) is 3.04. The van der Waals surface area contributed by atoms with Crippen molar-refractivity contribution < 1.29 is 0 Å². The van der Waals surface area contributed by atoms with Crippen molar-refractivity contribution in [3.8, 4) is 0 Å². The van der Waals surface area contributed by atoms with Crippen molar-refractivity contribution in [3.63, 3.8) is 0 Å². The van der Waals surface area contributed by atoms with Gasteiger partial charge in [-0.05, 0) is 60.0 Å². The largest absolute Gasteiger partial charge is 0.306 e. The molecule has 1 nitrogen and oxygen atoms in total. The van der Waals surface area contributed by atoms with Gasteiger partial charge in [0.25, 0.3) is 0 Å². The van der Waals surface area contributed by atoms with Crippen LogP contribution in [0.25, 0.3) is 0 Å². The van der Waals surface area contributed by atoms with Crippen molar-refractivity contribution in [3.05, 3.63) is 35.4 Å². The molecule has 4 rings (SSSR count). The summed E-state index contributed by atoms with van der Waals surface area (Å²) in [7, 11) is 0. The van der Waals surface area contributed by atoms with Gasteiger partial charge in [0.1, 0.15) is 0 Å². The number of nitrogens with one attached hydrogen (secondary N) is 1. The zero-order valence-electron chi connectivity index (χ0n) is 13.1. The minimum Gasteiger partial charge on any atom is -0.306 e. The number of benzene rings is 1. The van der Waals surface area contributed by atoms with E-state index in [1.807, 2.05) is 0 Å². The third-order valence-corrected chi connectivity index (χ3v) is 6.77. The maximum absolute atomic E-state index is 4.10. The highest BCUT2D eigenvalue weighted by Crippen LogP contribution is 2.62. The Bertz CT molecular complexity index is 528. The van der Waals surface area contributed by atoms with E-state index in [-0.39, 0.29) is 0 Å². The second kappa shape index (κ2) is 4.10. The van der Waals surface area contributed by atoms with Crippen LogP contribution in [0.4, 0.5) is 0 Å². The lowest BCUT2D eigenvalue weighted by atomic mass is 9.68. The molecule has 0 heterocycles. The first-order chi connectivity index (χ1) is 9.51. The van der Waals surface area contributed by atoms with Crippen LogP contribution in [0.5, 0.6) is 0 Å². The predicted octanol–water partition coefficient (Wildman–Crippen LogP) is 4.48. The van der Waals surface area contributed by atoms with Gasteiger partial charge >= 0.3 is 0 Å². The smallest absolute Gasteiger partial charge is 0.0329 e. The summed E-state index contributed by atoms with van der Waals surface area (Å²) < 4.78 is 0. The van der Waals surface area contributed by atoms with Crippen LogP contribution in [-0.4, -0.2) is 6.04 Å². The summed E-state index contributed by atoms with van der Waals surface area (Å²) in [5, 5.41) is 4.10. The summed E-state index contributed by atoms with van der Waals surface area (Å²) >= 11 is 0. The summed E-state index contributed by atoms with van der Waals surface area (Å²) in [5.41, 5.74) is 4.13. The van der Waals surface area contributed by atoms with E-state index < -0.39 is 0 Å². The van der Waals surface area contributed by atoms with Gasteiger partial charge in [-0.15, -0.1) is 0 Å². The zero-order valence-corrected chi connectivity index (χ0v) is 13.1. The minimum absolute atomic E-state index is 0.463. The normalized spacial score (nSPS) is 41.0. The van der Waals surface area contributed by atoms with Crippen molar-refractivity contribution in [1.82, 2.24) is 5.32 Å². The topological polar surface area (TPSA) is 12.0 Å². The Balaban J connectivity index is 1.61. The first-order valence-corrected chi connectivity index (χ1v) is 8.34. The highest BCUT2D eigenvalue weighted by atomic mass is 15.0. The molecule has 3 aliphatic rings. The summed E-state index contributed by atoms with van der Waals surface area (Å²) in [4.78, 5) is 0. The van der Waals surface area contributed by atoms with Gasteiger partial charge in [0.15, 0.2) is 0 Å². The molecule has 1 aromatic carbocycles. The van der Waals surface area contributed by atoms with Crippen LogP contribution >= 0.6 is 0 Å². The van der Waals surface area contributed by atoms with Crippen LogP contribution in [0.1, 0.15) is 63.6 Å². The van der Waals surface area contributed by atoms with E-state index >= 15 is 0 Å². The van der Waals surface area contributed by atoms with Crippen LogP contribution in [-0.2, 0) is 6.42 Å². The molecule has 0 radical (unpaired) electrons. The van der Waals surface area contributed by atoms with Crippen LogP contribution in [0.15, 0.2) is 24.3 Å². The number of hydrogen-bond acceptors (Lipinski definition) is 1. The predicted molar refractivity (Wildman–Crippen MR) is 83.7 cm³/mol. The van der Waals surface area contributed by atoms with Crippen molar-refractivity contribution in [2.24, 2.45) is 16.7 Å². The van der Waals surface area contributed by atoms with E-state index in [2.05, 4.69) is 50.4 Å². The third kappa shape index (κ3) is 1.65. The average molecular weight is 269 g/mol. The number of hydrogen-bond donors (Lipinski definition) is 1. The molecule has 1 N–H and O–H groups in total. The molecule has 2 saturated carbocycles. The van der Waals surface area contributed by atoms with Gasteiger partial charge in [0.05, 0.1) is 0 Å². The second-order valence-corrected chi connectivity index (χ2v) is 8.30. The maximum Gasteiger partial charge on any atom is 0.0329 e. The standard InChI is InChI=1S/C19H27N/c1-18(2)14-10-11-19(3,12-14)17(18)20-16-9-8-13-6-4-5-7-15(13)16/h4-7,14,16-17,20H,8-12H2,1-3H3/t14-,16?,17?,19+/m0/s1. The highest BCUT2D eigenvalue weighted by Gasteiger charge is 2.59. The van der Waals surface area contributed by atoms with Gasteiger partial charge in [-0.1, -0.05) is 45.0 Å². The molecule has 0 aliphatic heterocycles. The quantitative estimate of drug-likeness (QED) is 0.835. The van der Waals surface area contributed by atoms with Gasteiger partial charge in [0.2, 0.25) is 0 Å². The fraction of sp³-hybridized carbons (Fsp3) is 0.684. The van der Waals surface area contributed by atoms with Gasteiger partial charge in [-0.25, -0.2) is 0 Å². The molecule has 108 valence electrons. The zero-order chi connectivity index (χ0) is 14.0. The highest BCUT2D eigenvalue weighted by molar-refractivity contribution is 5.34. The van der Waals surface area contributed by atoms with Crippen LogP contribution < -0.4 is 5.32 Å². The Hall–Kier alpha value is -0.820. The van der Waals surface area contributed by atoms with Crippen molar-refractivity contribution >= 4 is 0 Å². The molecule has 1 heteroatoms. The van der Waals surface area contributed by atoms with Crippen molar-refractivity contribution in [2.45, 2.75) is 65.0 Å². The van der Waals surface area contributed by atoms with E-state index in [0.29, 0.717) is 22.9 Å². The van der Waals surface area contributed by atoms with Crippen LogP contribution in [0, 0.1) is 16.7 Å². The molecule has 0 aromatic heterocycles. The molecule has 4 atom stereocenters. The van der Waals surface area contributed by atoms with Crippen LogP contribution in [0.2, 0.25) is 0 Å². The van der Waals surface area contributed by atoms with E-state index in [0.717, 1.165) is 5.92 Å². The first-order valence-electron chi connectivity index (χ1n) is 8.34. The number of fused-ring (bicyclic) bond motifs is 3. The Kier molecular flexibility index (Phi) is 2.64. The molecule has 1 aromatic rings. The molecule has 0 spiro atoms. The summed E-state index contributed by atoms with van der Waals surface area (Å²) in [6.07, 6.45) is 6.84. The Morgan fingerprint density at radius 2 is 1.90 bits per heavy atom. The molecular weight excluding hydrogens is 242 g/mol. The molecule has 2 unspecified atom stereocenters. The molecule has 0 saturated heterocycles. The Labute approximate surface area is 123 Å². The third-order valence-electron chi connectivity index (χ3n) is 6.77. The SMILES string of the molecule is CC1(C)C(NC2CCc3ccccc32)[C@]2(C)CC[C@H]1C2. The molecule has 2 fully saturated rings. The molecular formula is C19H27N. The van der Waals surface area contributed by atoms with Gasteiger partial charge in [-0.3, -0.25) is 0 Å². The van der Waals surface area contributed by atoms with Gasteiger partial charge in [-0.2, -0.15) is 0 Å². The summed E-state index contributed by atoms with van der Waals surface area (Å²) in [5.74, 6) is 0.932. The molecule has 20 heavy (non-hydrogen) atoms. The van der Waals surface area contributed by atoms with Crippen molar-refractivity contribution in [1.29, 1.82) is 0 Å². The van der Waals surface area contributed by atoms with Crippen molar-refractivity contribution in [2.75, 3.05) is 0 Å². The fourth-order valence-corrected chi connectivity index (χ4v) is 5.65. The molecule has 2 bridgehead atoms. The lowest BCUT2D eigenvalue weighted by Gasteiger charge is -2.44. The van der Waals surface area contributed by atoms with E-state index in [9.17, 15) is 0 Å². The molecule has 0 amide bonds. The van der Waals surface area contributed by atoms with E-state index in [1.54, 1.807) is 11.1 Å². The minimum atomic E-state index is 0.463.